The van der Waals surface area contributed by atoms with E-state index >= 15 is 0 Å². The number of rotatable bonds is 8. The molecule has 0 spiro atoms. The lowest BCUT2D eigenvalue weighted by atomic mass is 9.85. The number of aryl methyl sites for hydroxylation is 1. The minimum atomic E-state index is -1.86. The molecule has 16 heteroatoms. The van der Waals surface area contributed by atoms with Crippen LogP contribution in [-0.2, 0) is 46.0 Å². The number of piperazine rings is 1. The summed E-state index contributed by atoms with van der Waals surface area (Å²) in [5, 5.41) is 40.6. The highest BCUT2D eigenvalue weighted by molar-refractivity contribution is 6.22. The third kappa shape index (κ3) is 6.95. The number of pyridine rings is 2. The molecule has 3 aliphatic heterocycles. The Bertz CT molecular complexity index is 2700. The number of cyclic esters (lactones) is 1. The Hall–Kier alpha value is -6.94. The number of benzene rings is 3. The van der Waals surface area contributed by atoms with E-state index in [1.54, 1.807) is 60.0 Å². The zero-order chi connectivity index (χ0) is 43.5. The van der Waals surface area contributed by atoms with Gasteiger partial charge in [-0.15, -0.1) is 0 Å². The Morgan fingerprint density at radius 1 is 0.967 bits per heavy atom. The second-order valence-corrected chi connectivity index (χ2v) is 15.9. The van der Waals surface area contributed by atoms with Crippen molar-refractivity contribution in [2.75, 3.05) is 31.1 Å². The van der Waals surface area contributed by atoms with Gasteiger partial charge in [0.1, 0.15) is 29.7 Å². The molecule has 16 nitrogen and oxygen atoms in total. The number of amides is 3. The molecule has 5 heterocycles. The number of anilines is 1. The molecule has 316 valence electrons. The maximum atomic E-state index is 14.1. The molecule has 61 heavy (non-hydrogen) atoms. The van der Waals surface area contributed by atoms with Crippen LogP contribution in [0.15, 0.2) is 65.5 Å². The molecule has 1 atom stereocenters. The predicted octanol–water partition coefficient (Wildman–Crippen LogP) is 5.75. The van der Waals surface area contributed by atoms with E-state index in [1.807, 2.05) is 20.8 Å². The first-order valence-corrected chi connectivity index (χ1v) is 20.3. The average molecular weight is 830 g/mol. The molecule has 3 aliphatic rings. The number of phenols is 3. The van der Waals surface area contributed by atoms with E-state index < -0.39 is 23.7 Å². The Morgan fingerprint density at radius 3 is 2.34 bits per heavy atom. The summed E-state index contributed by atoms with van der Waals surface area (Å²) >= 11 is 0. The molecule has 6 N–H and O–H groups in total. The van der Waals surface area contributed by atoms with Crippen LogP contribution in [0.1, 0.15) is 79.0 Å². The summed E-state index contributed by atoms with van der Waals surface area (Å²) in [4.78, 5) is 63.9. The summed E-state index contributed by atoms with van der Waals surface area (Å²) in [6.07, 6.45) is -0.0342. The summed E-state index contributed by atoms with van der Waals surface area (Å²) < 4.78 is 13.3. The maximum absolute atomic E-state index is 14.1. The third-order valence-electron chi connectivity index (χ3n) is 12.1. The van der Waals surface area contributed by atoms with Gasteiger partial charge in [0.2, 0.25) is 5.60 Å². The van der Waals surface area contributed by atoms with Crippen molar-refractivity contribution in [3.63, 3.8) is 0 Å². The largest absolute Gasteiger partial charge is 0.508 e. The Morgan fingerprint density at radius 2 is 1.69 bits per heavy atom. The molecule has 0 saturated carbocycles. The lowest BCUT2D eigenvalue weighted by molar-refractivity contribution is -0.173. The molecular weight excluding hydrogens is 783 g/mol. The van der Waals surface area contributed by atoms with Crippen molar-refractivity contribution in [2.45, 2.75) is 71.8 Å². The normalized spacial score (nSPS) is 17.1. The number of aromatic hydroxyl groups is 3. The van der Waals surface area contributed by atoms with E-state index in [0.29, 0.717) is 72.9 Å². The molecule has 1 saturated heterocycles. The quantitative estimate of drug-likeness (QED) is 0.0705. The number of nitrogens with one attached hydrogen (secondary N) is 1. The molecule has 0 radical (unpaired) electrons. The van der Waals surface area contributed by atoms with Crippen LogP contribution >= 0.6 is 0 Å². The standard InChI is InChI=1S/C45H47N7O9/c1-5-28-30-17-27(53)11-12-35(30)48-39-32(28)22-51-36(39)19-34-33(41(51)56)23-60-42(57)45(34,6-2)61-44(59)50-15-13-49(14-16-50)21-25-7-9-26(10-8-25)52(43(47)58)40(46)31-18-29(24(3)4)37(54)20-38(31)55/h7-12,17-20,24,46,53-55H,5-6,13-16,21-23H2,1-4H3,(H2,47,58). The van der Waals surface area contributed by atoms with Gasteiger partial charge in [-0.25, -0.2) is 24.3 Å². The highest BCUT2D eigenvalue weighted by atomic mass is 16.6. The molecule has 0 aliphatic carbocycles. The van der Waals surface area contributed by atoms with Crippen LogP contribution in [0.4, 0.5) is 15.3 Å². The number of fused-ring (bicyclic) bond motifs is 5. The fraction of sp³-hybridized carbons (Fsp3) is 0.333. The minimum Gasteiger partial charge on any atom is -0.508 e. The molecule has 5 aromatic rings. The van der Waals surface area contributed by atoms with E-state index in [-0.39, 0.29) is 65.3 Å². The molecular formula is C45H47N7O9. The first-order chi connectivity index (χ1) is 29.1. The van der Waals surface area contributed by atoms with Gasteiger partial charge in [0.25, 0.3) is 5.56 Å². The summed E-state index contributed by atoms with van der Waals surface area (Å²) in [6, 6.07) is 15.3. The molecule has 3 aromatic carbocycles. The number of amidine groups is 1. The predicted molar refractivity (Wildman–Crippen MR) is 226 cm³/mol. The summed E-state index contributed by atoms with van der Waals surface area (Å²) in [5.74, 6) is -1.56. The summed E-state index contributed by atoms with van der Waals surface area (Å²) in [5.41, 5.74) is 9.41. The van der Waals surface area contributed by atoms with E-state index in [1.165, 1.54) is 11.0 Å². The van der Waals surface area contributed by atoms with Crippen molar-refractivity contribution >= 4 is 40.5 Å². The third-order valence-corrected chi connectivity index (χ3v) is 12.1. The molecule has 1 unspecified atom stereocenters. The number of hydrogen-bond acceptors (Lipinski definition) is 12. The van der Waals surface area contributed by atoms with Crippen LogP contribution in [0.3, 0.4) is 0 Å². The van der Waals surface area contributed by atoms with Crippen LogP contribution in [-0.4, -0.2) is 84.8 Å². The van der Waals surface area contributed by atoms with E-state index in [2.05, 4.69) is 4.90 Å². The number of carbonyl (C=O) groups is 3. The SMILES string of the molecule is CCc1c2c(nc3ccc(O)cc13)-c1cc3c(c(=O)n1C2)COC(=O)C3(CC)OC(=O)N1CCN(Cc2ccc(N(C(=N)c3cc(C(C)C)c(O)cc3O)C(N)=O)cc2)CC1. The van der Waals surface area contributed by atoms with Crippen molar-refractivity contribution in [3.8, 4) is 28.6 Å². The summed E-state index contributed by atoms with van der Waals surface area (Å²) in [6.45, 7) is 9.51. The van der Waals surface area contributed by atoms with E-state index in [9.17, 15) is 34.5 Å². The topological polar surface area (TPSA) is 225 Å². The van der Waals surface area contributed by atoms with Gasteiger partial charge in [-0.2, -0.15) is 0 Å². The highest BCUT2D eigenvalue weighted by Crippen LogP contribution is 2.43. The van der Waals surface area contributed by atoms with E-state index in [0.717, 1.165) is 33.0 Å². The molecule has 2 aromatic heterocycles. The number of carbonyl (C=O) groups excluding carboxylic acids is 3. The van der Waals surface area contributed by atoms with Crippen LogP contribution in [0.2, 0.25) is 0 Å². The van der Waals surface area contributed by atoms with Crippen molar-refractivity contribution in [3.05, 3.63) is 110 Å². The number of urea groups is 1. The molecule has 8 rings (SSSR count). The van der Waals surface area contributed by atoms with Gasteiger partial charge in [-0.1, -0.05) is 39.8 Å². The van der Waals surface area contributed by atoms with Crippen molar-refractivity contribution in [1.29, 1.82) is 5.41 Å². The number of nitrogens with two attached hydrogens (primary N) is 1. The van der Waals surface area contributed by atoms with Crippen LogP contribution in [0.25, 0.3) is 22.3 Å². The summed E-state index contributed by atoms with van der Waals surface area (Å²) in [7, 11) is 0. The number of ether oxygens (including phenoxy) is 2. The van der Waals surface area contributed by atoms with Gasteiger partial charge in [0.05, 0.1) is 40.3 Å². The first-order valence-electron chi connectivity index (χ1n) is 20.3. The van der Waals surface area contributed by atoms with Crippen LogP contribution in [0.5, 0.6) is 17.2 Å². The van der Waals surface area contributed by atoms with Gasteiger partial charge >= 0.3 is 18.1 Å². The maximum Gasteiger partial charge on any atom is 0.411 e. The van der Waals surface area contributed by atoms with Gasteiger partial charge in [-0.3, -0.25) is 15.1 Å². The fourth-order valence-electron chi connectivity index (χ4n) is 8.75. The van der Waals surface area contributed by atoms with Gasteiger partial charge in [0.15, 0.2) is 0 Å². The number of esters is 1. The second-order valence-electron chi connectivity index (χ2n) is 15.9. The van der Waals surface area contributed by atoms with E-state index in [4.69, 9.17) is 25.6 Å². The lowest BCUT2D eigenvalue weighted by Gasteiger charge is -2.39. The molecule has 3 amide bonds. The number of phenolic OH excluding ortho intramolecular Hbond substituents is 3. The molecule has 1 fully saturated rings. The van der Waals surface area contributed by atoms with Gasteiger partial charge < -0.3 is 40.0 Å². The molecule has 0 bridgehead atoms. The van der Waals surface area contributed by atoms with Crippen molar-refractivity contribution in [1.82, 2.24) is 19.4 Å². The first kappa shape index (κ1) is 40.8. The zero-order valence-corrected chi connectivity index (χ0v) is 34.3. The number of nitrogens with zero attached hydrogens (tertiary/aromatic N) is 5. The number of hydrogen-bond donors (Lipinski definition) is 5. The van der Waals surface area contributed by atoms with Gasteiger partial charge in [-0.05, 0) is 77.9 Å². The Kier molecular flexibility index (Phi) is 10.4. The fourth-order valence-corrected chi connectivity index (χ4v) is 8.75. The lowest BCUT2D eigenvalue weighted by Crippen LogP contribution is -2.53. The second kappa shape index (κ2) is 15.6. The van der Waals surface area contributed by atoms with Crippen molar-refractivity contribution in [2.24, 2.45) is 5.73 Å². The average Bonchev–Trinajstić information content (AvgIpc) is 3.60. The highest BCUT2D eigenvalue weighted by Gasteiger charge is 2.51. The van der Waals surface area contributed by atoms with Crippen molar-refractivity contribution < 1.29 is 39.2 Å². The number of aromatic nitrogens is 2. The Balaban J connectivity index is 0.970. The number of primary amides is 1. The smallest absolute Gasteiger partial charge is 0.411 e. The van der Waals surface area contributed by atoms with Crippen LogP contribution < -0.4 is 16.2 Å². The monoisotopic (exact) mass is 829 g/mol. The van der Waals surface area contributed by atoms with Gasteiger partial charge in [0, 0.05) is 55.3 Å². The minimum absolute atomic E-state index is 0.0304. The Labute approximate surface area is 350 Å². The van der Waals surface area contributed by atoms with Crippen LogP contribution in [0, 0.1) is 5.41 Å². The zero-order valence-electron chi connectivity index (χ0n) is 34.3.